The Morgan fingerprint density at radius 2 is 2.20 bits per heavy atom. The molecule has 15 heavy (non-hydrogen) atoms. The Kier molecular flexibility index (Phi) is 2.83. The van der Waals surface area contributed by atoms with Crippen molar-refractivity contribution in [2.45, 2.75) is 6.92 Å². The van der Waals surface area contributed by atoms with Crippen molar-refractivity contribution in [2.75, 3.05) is 18.5 Å². The lowest BCUT2D eigenvalue weighted by molar-refractivity contribution is -0.110. The van der Waals surface area contributed by atoms with Crippen LogP contribution in [-0.2, 0) is 9.53 Å². The number of nitrogens with one attached hydrogen (secondary N) is 1. The molecular weight excluding hydrogens is 190 g/mol. The largest absolute Gasteiger partial charge is 0.378 e. The van der Waals surface area contributed by atoms with Crippen LogP contribution in [0.5, 0.6) is 0 Å². The lowest BCUT2D eigenvalue weighted by Gasteiger charge is -1.97. The molecule has 2 rings (SSSR count). The molecule has 1 heterocycles. The lowest BCUT2D eigenvalue weighted by atomic mass is 10.1. The average Bonchev–Trinajstić information content (AvgIpc) is 2.56. The van der Waals surface area contributed by atoms with E-state index in [-0.39, 0.29) is 5.91 Å². The van der Waals surface area contributed by atoms with Gasteiger partial charge in [0.25, 0.3) is 5.91 Å². The normalized spacial score (nSPS) is 16.6. The molecule has 78 valence electrons. The number of carbonyl (C=O) groups excluding carboxylic acids is 1. The number of benzene rings is 1. The molecule has 0 fully saturated rings. The maximum atomic E-state index is 11.6. The van der Waals surface area contributed by atoms with Crippen molar-refractivity contribution in [3.63, 3.8) is 0 Å². The fourth-order valence-corrected chi connectivity index (χ4v) is 1.60. The Bertz CT molecular complexity index is 410. The van der Waals surface area contributed by atoms with E-state index in [1.165, 1.54) is 0 Å². The van der Waals surface area contributed by atoms with Gasteiger partial charge in [-0.3, -0.25) is 4.79 Å². The number of ether oxygens (including phenoxy) is 1. The van der Waals surface area contributed by atoms with Crippen molar-refractivity contribution in [1.82, 2.24) is 0 Å². The Hall–Kier alpha value is -1.61. The smallest absolute Gasteiger partial charge is 0.256 e. The summed E-state index contributed by atoms with van der Waals surface area (Å²) in [6, 6.07) is 7.66. The Morgan fingerprint density at radius 1 is 1.40 bits per heavy atom. The van der Waals surface area contributed by atoms with Crippen LogP contribution in [0.1, 0.15) is 12.5 Å². The lowest BCUT2D eigenvalue weighted by Crippen LogP contribution is -2.04. The van der Waals surface area contributed by atoms with E-state index in [4.69, 9.17) is 4.74 Å². The van der Waals surface area contributed by atoms with Crippen molar-refractivity contribution in [3.05, 3.63) is 35.9 Å². The van der Waals surface area contributed by atoms with E-state index >= 15 is 0 Å². The van der Waals surface area contributed by atoms with Gasteiger partial charge in [0.15, 0.2) is 0 Å². The summed E-state index contributed by atoms with van der Waals surface area (Å²) in [5.74, 6) is -0.0455. The van der Waals surface area contributed by atoms with E-state index in [0.29, 0.717) is 18.8 Å². The van der Waals surface area contributed by atoms with Gasteiger partial charge in [0.2, 0.25) is 0 Å². The van der Waals surface area contributed by atoms with Gasteiger partial charge in [0, 0.05) is 23.4 Å². The van der Waals surface area contributed by atoms with Crippen molar-refractivity contribution >= 4 is 17.2 Å². The molecule has 1 aromatic rings. The van der Waals surface area contributed by atoms with Crippen LogP contribution in [0.15, 0.2) is 30.3 Å². The first kappa shape index (κ1) is 9.93. The third kappa shape index (κ3) is 1.92. The van der Waals surface area contributed by atoms with Gasteiger partial charge in [-0.1, -0.05) is 18.2 Å². The van der Waals surface area contributed by atoms with Gasteiger partial charge in [0.1, 0.15) is 0 Å². The SMILES string of the molecule is CCOCC=C1C(=O)Nc2ccccc21. The molecule has 0 spiro atoms. The van der Waals surface area contributed by atoms with Crippen molar-refractivity contribution in [2.24, 2.45) is 0 Å². The third-order valence-electron chi connectivity index (χ3n) is 2.32. The molecule has 0 radical (unpaired) electrons. The first-order chi connectivity index (χ1) is 7.33. The standard InChI is InChI=1S/C12H13NO2/c1-2-15-8-7-10-9-5-3-4-6-11(9)13-12(10)14/h3-7H,2,8H2,1H3,(H,13,14). The third-order valence-corrected chi connectivity index (χ3v) is 2.32. The van der Waals surface area contributed by atoms with Crippen LogP contribution >= 0.6 is 0 Å². The van der Waals surface area contributed by atoms with Gasteiger partial charge in [0.05, 0.1) is 6.61 Å². The fourth-order valence-electron chi connectivity index (χ4n) is 1.60. The quantitative estimate of drug-likeness (QED) is 0.603. The number of rotatable bonds is 3. The van der Waals surface area contributed by atoms with Gasteiger partial charge in [-0.05, 0) is 19.1 Å². The second-order valence-electron chi connectivity index (χ2n) is 3.28. The summed E-state index contributed by atoms with van der Waals surface area (Å²) in [4.78, 5) is 11.6. The van der Waals surface area contributed by atoms with Gasteiger partial charge in [-0.25, -0.2) is 0 Å². The van der Waals surface area contributed by atoms with E-state index in [1.807, 2.05) is 37.3 Å². The van der Waals surface area contributed by atoms with Crippen molar-refractivity contribution < 1.29 is 9.53 Å². The van der Waals surface area contributed by atoms with Crippen LogP contribution in [0.4, 0.5) is 5.69 Å². The Labute approximate surface area is 88.8 Å². The van der Waals surface area contributed by atoms with Crippen LogP contribution in [-0.4, -0.2) is 19.1 Å². The summed E-state index contributed by atoms with van der Waals surface area (Å²) >= 11 is 0. The molecule has 3 nitrogen and oxygen atoms in total. The van der Waals surface area contributed by atoms with Crippen molar-refractivity contribution in [1.29, 1.82) is 0 Å². The second-order valence-corrected chi connectivity index (χ2v) is 3.28. The highest BCUT2D eigenvalue weighted by Crippen LogP contribution is 2.30. The van der Waals surface area contributed by atoms with E-state index in [0.717, 1.165) is 11.3 Å². The Morgan fingerprint density at radius 3 is 3.00 bits per heavy atom. The zero-order chi connectivity index (χ0) is 10.7. The molecule has 0 saturated carbocycles. The zero-order valence-corrected chi connectivity index (χ0v) is 8.62. The minimum atomic E-state index is -0.0455. The molecule has 1 N–H and O–H groups in total. The maximum absolute atomic E-state index is 11.6. The molecule has 0 unspecified atom stereocenters. The first-order valence-corrected chi connectivity index (χ1v) is 5.01. The van der Waals surface area contributed by atoms with E-state index in [2.05, 4.69) is 5.32 Å². The van der Waals surface area contributed by atoms with E-state index < -0.39 is 0 Å². The van der Waals surface area contributed by atoms with Gasteiger partial charge >= 0.3 is 0 Å². The number of carbonyl (C=O) groups is 1. The monoisotopic (exact) mass is 203 g/mol. The average molecular weight is 203 g/mol. The predicted octanol–water partition coefficient (Wildman–Crippen LogP) is 2.06. The highest BCUT2D eigenvalue weighted by atomic mass is 16.5. The van der Waals surface area contributed by atoms with Gasteiger partial charge in [-0.2, -0.15) is 0 Å². The summed E-state index contributed by atoms with van der Waals surface area (Å²) in [7, 11) is 0. The summed E-state index contributed by atoms with van der Waals surface area (Å²) in [6.45, 7) is 3.07. The number of hydrogen-bond acceptors (Lipinski definition) is 2. The van der Waals surface area contributed by atoms with Gasteiger partial charge < -0.3 is 10.1 Å². The highest BCUT2D eigenvalue weighted by Gasteiger charge is 2.22. The maximum Gasteiger partial charge on any atom is 0.256 e. The van der Waals surface area contributed by atoms with Crippen LogP contribution < -0.4 is 5.32 Å². The zero-order valence-electron chi connectivity index (χ0n) is 8.62. The number of para-hydroxylation sites is 1. The molecule has 0 aliphatic carbocycles. The predicted molar refractivity (Wildman–Crippen MR) is 59.5 cm³/mol. The summed E-state index contributed by atoms with van der Waals surface area (Å²) in [6.07, 6.45) is 1.82. The topological polar surface area (TPSA) is 38.3 Å². The number of anilines is 1. The number of hydrogen-bond donors (Lipinski definition) is 1. The summed E-state index contributed by atoms with van der Waals surface area (Å²) in [5.41, 5.74) is 2.55. The fraction of sp³-hybridized carbons (Fsp3) is 0.250. The summed E-state index contributed by atoms with van der Waals surface area (Å²) < 4.78 is 5.20. The van der Waals surface area contributed by atoms with Crippen molar-refractivity contribution in [3.8, 4) is 0 Å². The minimum absolute atomic E-state index is 0.0455. The molecule has 0 saturated heterocycles. The van der Waals surface area contributed by atoms with E-state index in [1.54, 1.807) is 0 Å². The van der Waals surface area contributed by atoms with Crippen LogP contribution in [0.2, 0.25) is 0 Å². The molecule has 1 aromatic carbocycles. The van der Waals surface area contributed by atoms with Crippen LogP contribution in [0.3, 0.4) is 0 Å². The van der Waals surface area contributed by atoms with Gasteiger partial charge in [-0.15, -0.1) is 0 Å². The highest BCUT2D eigenvalue weighted by molar-refractivity contribution is 6.31. The summed E-state index contributed by atoms with van der Waals surface area (Å²) in [5, 5.41) is 2.81. The first-order valence-electron chi connectivity index (χ1n) is 5.01. The molecule has 0 aromatic heterocycles. The van der Waals surface area contributed by atoms with Crippen LogP contribution in [0, 0.1) is 0 Å². The molecule has 1 aliphatic rings. The molecular formula is C12H13NO2. The number of amides is 1. The molecule has 3 heteroatoms. The second kappa shape index (κ2) is 4.28. The Balaban J connectivity index is 2.26. The van der Waals surface area contributed by atoms with Crippen LogP contribution in [0.25, 0.3) is 5.57 Å². The molecule has 0 atom stereocenters. The van der Waals surface area contributed by atoms with E-state index in [9.17, 15) is 4.79 Å². The molecule has 1 aliphatic heterocycles. The minimum Gasteiger partial charge on any atom is -0.378 e. The molecule has 0 bridgehead atoms. The molecule has 1 amide bonds. The number of fused-ring (bicyclic) bond motifs is 1.